The summed E-state index contributed by atoms with van der Waals surface area (Å²) in [6, 6.07) is 0. The first-order chi connectivity index (χ1) is 14.7. The van der Waals surface area contributed by atoms with Crippen LogP contribution in [0.3, 0.4) is 0 Å². The Kier molecular flexibility index (Phi) is 17.7. The van der Waals surface area contributed by atoms with Crippen LogP contribution in [-0.2, 0) is 9.47 Å². The van der Waals surface area contributed by atoms with Crippen molar-refractivity contribution in [3.05, 3.63) is 12.2 Å². The van der Waals surface area contributed by atoms with Gasteiger partial charge in [-0.1, -0.05) is 96.1 Å². The summed E-state index contributed by atoms with van der Waals surface area (Å²) < 4.78 is 10.9. The molecule has 1 fully saturated rings. The predicted octanol–water partition coefficient (Wildman–Crippen LogP) is 4.91. The largest absolute Gasteiger partial charge is 0.394 e. The Balaban J connectivity index is 1.85. The Bertz CT molecular complexity index is 401. The second-order valence-electron chi connectivity index (χ2n) is 8.74. The minimum atomic E-state index is -0.992. The van der Waals surface area contributed by atoms with Crippen molar-refractivity contribution in [2.45, 2.75) is 128 Å². The summed E-state index contributed by atoms with van der Waals surface area (Å²) in [4.78, 5) is 0. The summed E-state index contributed by atoms with van der Waals surface area (Å²) in [7, 11) is 0. The molecule has 1 rings (SSSR count). The number of rotatable bonds is 20. The zero-order valence-electron chi connectivity index (χ0n) is 19.4. The smallest absolute Gasteiger partial charge is 0.114 e. The van der Waals surface area contributed by atoms with Gasteiger partial charge in [-0.05, 0) is 19.3 Å². The molecule has 0 aromatic rings. The third-order valence-corrected chi connectivity index (χ3v) is 5.99. The van der Waals surface area contributed by atoms with E-state index in [1.165, 1.54) is 83.5 Å². The number of aliphatic hydroxyl groups excluding tert-OH is 3. The van der Waals surface area contributed by atoms with Gasteiger partial charge >= 0.3 is 0 Å². The number of aliphatic hydroxyl groups is 3. The number of allylic oxidation sites excluding steroid dienone is 1. The quantitative estimate of drug-likeness (QED) is 0.190. The van der Waals surface area contributed by atoms with Gasteiger partial charge in [-0.2, -0.15) is 0 Å². The van der Waals surface area contributed by atoms with Crippen molar-refractivity contribution in [3.8, 4) is 0 Å². The summed E-state index contributed by atoms with van der Waals surface area (Å²) in [5, 5.41) is 28.8. The van der Waals surface area contributed by atoms with E-state index in [1.54, 1.807) is 0 Å². The standard InChI is InChI=1S/C25H48O5/c1-2-3-4-5-6-7-8-9-10-11-12-13-14-15-16-17-18-19-29-23(20-26)25-24(28)22(27)21-30-25/h16-17,22-28H,2-15,18-21H2,1H3/b17-16+/t22-,23+,24+,25+/m1/s1. The molecule has 0 aliphatic carbocycles. The Labute approximate surface area is 184 Å². The lowest BCUT2D eigenvalue weighted by Gasteiger charge is -2.24. The van der Waals surface area contributed by atoms with Gasteiger partial charge in [-0.25, -0.2) is 0 Å². The van der Waals surface area contributed by atoms with Gasteiger partial charge in [0.2, 0.25) is 0 Å². The van der Waals surface area contributed by atoms with Crippen molar-refractivity contribution in [1.82, 2.24) is 0 Å². The Morgan fingerprint density at radius 2 is 1.37 bits per heavy atom. The van der Waals surface area contributed by atoms with E-state index in [2.05, 4.69) is 19.1 Å². The third kappa shape index (κ3) is 13.1. The maximum Gasteiger partial charge on any atom is 0.114 e. The normalized spacial score (nSPS) is 22.9. The maximum absolute atomic E-state index is 9.83. The minimum absolute atomic E-state index is 0.0880. The second-order valence-corrected chi connectivity index (χ2v) is 8.74. The van der Waals surface area contributed by atoms with E-state index in [4.69, 9.17) is 9.47 Å². The Morgan fingerprint density at radius 1 is 0.833 bits per heavy atom. The summed E-state index contributed by atoms with van der Waals surface area (Å²) in [6.07, 6.45) is 21.0. The maximum atomic E-state index is 9.83. The van der Waals surface area contributed by atoms with Crippen molar-refractivity contribution >= 4 is 0 Å². The molecule has 1 aliphatic heterocycles. The van der Waals surface area contributed by atoms with E-state index in [0.29, 0.717) is 6.61 Å². The molecule has 178 valence electrons. The molecule has 30 heavy (non-hydrogen) atoms. The van der Waals surface area contributed by atoms with Crippen molar-refractivity contribution in [3.63, 3.8) is 0 Å². The molecule has 0 saturated carbocycles. The minimum Gasteiger partial charge on any atom is -0.394 e. The number of hydrogen-bond donors (Lipinski definition) is 3. The van der Waals surface area contributed by atoms with Gasteiger partial charge in [-0.3, -0.25) is 0 Å². The molecule has 3 N–H and O–H groups in total. The number of hydrogen-bond acceptors (Lipinski definition) is 5. The zero-order valence-corrected chi connectivity index (χ0v) is 19.4. The summed E-state index contributed by atoms with van der Waals surface area (Å²) in [5.41, 5.74) is 0. The average molecular weight is 429 g/mol. The SMILES string of the molecule is CCCCCCCCCCCCCCC/C=C/CCO[C@@H](CO)[C@@H]1OC[C@@H](O)[C@@H]1O. The molecule has 0 aromatic heterocycles. The fraction of sp³-hybridized carbons (Fsp3) is 0.920. The van der Waals surface area contributed by atoms with E-state index in [0.717, 1.165) is 12.8 Å². The van der Waals surface area contributed by atoms with E-state index in [1.807, 2.05) is 0 Å². The molecule has 1 aliphatic rings. The average Bonchev–Trinajstić information content (AvgIpc) is 3.08. The lowest BCUT2D eigenvalue weighted by molar-refractivity contribution is -0.0996. The van der Waals surface area contributed by atoms with Crippen LogP contribution >= 0.6 is 0 Å². The Hall–Kier alpha value is -0.460. The first-order valence-corrected chi connectivity index (χ1v) is 12.6. The van der Waals surface area contributed by atoms with Crippen LogP contribution in [0.1, 0.15) is 103 Å². The van der Waals surface area contributed by atoms with Gasteiger partial charge in [0.05, 0.1) is 19.8 Å². The fourth-order valence-electron chi connectivity index (χ4n) is 4.01. The molecule has 5 heteroatoms. The monoisotopic (exact) mass is 428 g/mol. The van der Waals surface area contributed by atoms with Gasteiger partial charge in [-0.15, -0.1) is 0 Å². The van der Waals surface area contributed by atoms with Gasteiger partial charge in [0.15, 0.2) is 0 Å². The van der Waals surface area contributed by atoms with E-state index >= 15 is 0 Å². The van der Waals surface area contributed by atoms with Crippen LogP contribution in [0.5, 0.6) is 0 Å². The Morgan fingerprint density at radius 3 is 1.87 bits per heavy atom. The van der Waals surface area contributed by atoms with Crippen LogP contribution in [0, 0.1) is 0 Å². The molecule has 0 radical (unpaired) electrons. The third-order valence-electron chi connectivity index (χ3n) is 5.99. The molecule has 5 nitrogen and oxygen atoms in total. The van der Waals surface area contributed by atoms with E-state index in [-0.39, 0.29) is 13.2 Å². The highest BCUT2D eigenvalue weighted by molar-refractivity contribution is 4.89. The summed E-state index contributed by atoms with van der Waals surface area (Å²) in [6.45, 7) is 2.61. The van der Waals surface area contributed by atoms with Crippen LogP contribution in [-0.4, -0.2) is 59.6 Å². The summed E-state index contributed by atoms with van der Waals surface area (Å²) in [5.74, 6) is 0. The molecule has 0 aromatic carbocycles. The van der Waals surface area contributed by atoms with Crippen LogP contribution in [0.15, 0.2) is 12.2 Å². The van der Waals surface area contributed by atoms with Crippen molar-refractivity contribution < 1.29 is 24.8 Å². The van der Waals surface area contributed by atoms with Crippen LogP contribution in [0.4, 0.5) is 0 Å². The first-order valence-electron chi connectivity index (χ1n) is 12.6. The highest BCUT2D eigenvalue weighted by atomic mass is 16.6. The van der Waals surface area contributed by atoms with Crippen molar-refractivity contribution in [2.75, 3.05) is 19.8 Å². The van der Waals surface area contributed by atoms with Crippen LogP contribution < -0.4 is 0 Å². The fourth-order valence-corrected chi connectivity index (χ4v) is 4.01. The lowest BCUT2D eigenvalue weighted by atomic mass is 10.0. The van der Waals surface area contributed by atoms with Crippen molar-refractivity contribution in [1.29, 1.82) is 0 Å². The highest BCUT2D eigenvalue weighted by Crippen LogP contribution is 2.19. The number of ether oxygens (including phenoxy) is 2. The highest BCUT2D eigenvalue weighted by Gasteiger charge is 2.40. The predicted molar refractivity (Wildman–Crippen MR) is 123 cm³/mol. The first kappa shape index (κ1) is 27.6. The van der Waals surface area contributed by atoms with Gasteiger partial charge < -0.3 is 24.8 Å². The molecule has 1 saturated heterocycles. The lowest BCUT2D eigenvalue weighted by Crippen LogP contribution is -2.42. The van der Waals surface area contributed by atoms with Crippen LogP contribution in [0.2, 0.25) is 0 Å². The van der Waals surface area contributed by atoms with Gasteiger partial charge in [0.1, 0.15) is 24.4 Å². The molecule has 0 amide bonds. The van der Waals surface area contributed by atoms with E-state index in [9.17, 15) is 15.3 Å². The van der Waals surface area contributed by atoms with Crippen LogP contribution in [0.25, 0.3) is 0 Å². The van der Waals surface area contributed by atoms with Gasteiger partial charge in [0.25, 0.3) is 0 Å². The zero-order chi connectivity index (χ0) is 21.9. The molecule has 0 spiro atoms. The van der Waals surface area contributed by atoms with Crippen molar-refractivity contribution in [2.24, 2.45) is 0 Å². The molecule has 4 atom stereocenters. The summed E-state index contributed by atoms with van der Waals surface area (Å²) >= 11 is 0. The second kappa shape index (κ2) is 19.2. The molecular formula is C25H48O5. The molecular weight excluding hydrogens is 380 g/mol. The van der Waals surface area contributed by atoms with Gasteiger partial charge in [0, 0.05) is 0 Å². The van der Waals surface area contributed by atoms with E-state index < -0.39 is 24.4 Å². The molecule has 0 bridgehead atoms. The molecule has 0 unspecified atom stereocenters. The molecule has 1 heterocycles. The number of unbranched alkanes of at least 4 members (excludes halogenated alkanes) is 13. The topological polar surface area (TPSA) is 79.2 Å².